The molecule has 1 aromatic heterocycles. The summed E-state index contributed by atoms with van der Waals surface area (Å²) < 4.78 is 6.07. The van der Waals surface area contributed by atoms with Crippen molar-refractivity contribution in [2.24, 2.45) is 0 Å². The lowest BCUT2D eigenvalue weighted by molar-refractivity contribution is -0.143. The van der Waals surface area contributed by atoms with Crippen LogP contribution in [0.4, 0.5) is 0 Å². The van der Waals surface area contributed by atoms with Gasteiger partial charge in [0.25, 0.3) is 0 Å². The molecular weight excluding hydrogens is 226 g/mol. The Balaban J connectivity index is 2.06. The molecule has 0 spiro atoms. The zero-order valence-electron chi connectivity index (χ0n) is 9.63. The van der Waals surface area contributed by atoms with Gasteiger partial charge in [-0.05, 0) is 23.8 Å². The Morgan fingerprint density at radius 3 is 2.94 bits per heavy atom. The standard InChI is InChI=1S/C9H15N5O3/c1-2-17-9(16)4-3-5-10-8(15)6-14-7-11-12-13-14/h7H,2-6H2,1H3,(H,10,15). The average Bonchev–Trinajstić information content (AvgIpc) is 2.77. The Kier molecular flexibility index (Phi) is 5.62. The van der Waals surface area contributed by atoms with Crippen LogP contribution in [0.15, 0.2) is 6.33 Å². The van der Waals surface area contributed by atoms with Gasteiger partial charge < -0.3 is 10.1 Å². The summed E-state index contributed by atoms with van der Waals surface area (Å²) in [5.74, 6) is -0.441. The summed E-state index contributed by atoms with van der Waals surface area (Å²) in [5.41, 5.74) is 0. The van der Waals surface area contributed by atoms with E-state index in [-0.39, 0.29) is 18.4 Å². The number of esters is 1. The third kappa shape index (κ3) is 5.59. The van der Waals surface area contributed by atoms with E-state index in [1.807, 2.05) is 0 Å². The third-order valence-corrected chi connectivity index (χ3v) is 1.88. The van der Waals surface area contributed by atoms with Crippen LogP contribution in [0.1, 0.15) is 19.8 Å². The first-order valence-corrected chi connectivity index (χ1v) is 5.35. The van der Waals surface area contributed by atoms with Crippen LogP contribution in [-0.2, 0) is 20.9 Å². The van der Waals surface area contributed by atoms with Crippen molar-refractivity contribution in [2.45, 2.75) is 26.3 Å². The molecule has 1 aromatic rings. The Morgan fingerprint density at radius 1 is 1.47 bits per heavy atom. The van der Waals surface area contributed by atoms with Crippen LogP contribution in [0.2, 0.25) is 0 Å². The van der Waals surface area contributed by atoms with Crippen molar-refractivity contribution in [3.8, 4) is 0 Å². The Morgan fingerprint density at radius 2 is 2.29 bits per heavy atom. The second kappa shape index (κ2) is 7.31. The summed E-state index contributed by atoms with van der Waals surface area (Å²) in [4.78, 5) is 22.3. The summed E-state index contributed by atoms with van der Waals surface area (Å²) in [6, 6.07) is 0. The van der Waals surface area contributed by atoms with E-state index in [2.05, 4.69) is 20.8 Å². The Hall–Kier alpha value is -1.99. The minimum Gasteiger partial charge on any atom is -0.466 e. The van der Waals surface area contributed by atoms with Gasteiger partial charge in [0, 0.05) is 13.0 Å². The summed E-state index contributed by atoms with van der Waals surface area (Å²) >= 11 is 0. The average molecular weight is 241 g/mol. The van der Waals surface area contributed by atoms with Gasteiger partial charge in [-0.15, -0.1) is 5.10 Å². The molecule has 1 heterocycles. The van der Waals surface area contributed by atoms with Gasteiger partial charge in [-0.2, -0.15) is 0 Å². The maximum atomic E-state index is 11.3. The first-order valence-electron chi connectivity index (χ1n) is 5.35. The monoisotopic (exact) mass is 241 g/mol. The smallest absolute Gasteiger partial charge is 0.305 e. The lowest BCUT2D eigenvalue weighted by Crippen LogP contribution is -2.29. The largest absolute Gasteiger partial charge is 0.466 e. The quantitative estimate of drug-likeness (QED) is 0.492. The van der Waals surface area contributed by atoms with Crippen molar-refractivity contribution in [1.29, 1.82) is 0 Å². The van der Waals surface area contributed by atoms with Gasteiger partial charge in [0.1, 0.15) is 12.9 Å². The predicted octanol–water partition coefficient (Wildman–Crippen LogP) is -0.867. The predicted molar refractivity (Wildman–Crippen MR) is 56.7 cm³/mol. The SMILES string of the molecule is CCOC(=O)CCCNC(=O)Cn1cnnn1. The minimum absolute atomic E-state index is 0.0758. The van der Waals surface area contributed by atoms with Gasteiger partial charge in [-0.3, -0.25) is 9.59 Å². The Labute approximate surface area is 98.3 Å². The van der Waals surface area contributed by atoms with Crippen LogP contribution in [0.5, 0.6) is 0 Å². The number of nitrogens with zero attached hydrogens (tertiary/aromatic N) is 4. The highest BCUT2D eigenvalue weighted by Crippen LogP contribution is 1.91. The van der Waals surface area contributed by atoms with Crippen LogP contribution >= 0.6 is 0 Å². The minimum atomic E-state index is -0.248. The van der Waals surface area contributed by atoms with Crippen molar-refractivity contribution in [2.75, 3.05) is 13.2 Å². The number of rotatable bonds is 7. The van der Waals surface area contributed by atoms with Crippen LogP contribution < -0.4 is 5.32 Å². The number of carbonyl (C=O) groups excluding carboxylic acids is 2. The number of ether oxygens (including phenoxy) is 1. The topological polar surface area (TPSA) is 99.0 Å². The summed E-state index contributed by atoms with van der Waals surface area (Å²) in [7, 11) is 0. The van der Waals surface area contributed by atoms with Gasteiger partial charge in [-0.25, -0.2) is 4.68 Å². The van der Waals surface area contributed by atoms with Crippen LogP contribution in [0.3, 0.4) is 0 Å². The summed E-state index contributed by atoms with van der Waals surface area (Å²) in [6.45, 7) is 2.64. The maximum absolute atomic E-state index is 11.3. The maximum Gasteiger partial charge on any atom is 0.305 e. The molecule has 1 amide bonds. The van der Waals surface area contributed by atoms with Crippen molar-refractivity contribution in [1.82, 2.24) is 25.5 Å². The number of carbonyl (C=O) groups is 2. The fraction of sp³-hybridized carbons (Fsp3) is 0.667. The van der Waals surface area contributed by atoms with Gasteiger partial charge >= 0.3 is 5.97 Å². The van der Waals surface area contributed by atoms with Gasteiger partial charge in [0.15, 0.2) is 0 Å². The molecule has 0 unspecified atom stereocenters. The zero-order chi connectivity index (χ0) is 12.5. The molecule has 0 aliphatic rings. The number of tetrazole rings is 1. The zero-order valence-corrected chi connectivity index (χ0v) is 9.63. The molecule has 0 atom stereocenters. The highest BCUT2D eigenvalue weighted by atomic mass is 16.5. The molecule has 0 aliphatic heterocycles. The van der Waals surface area contributed by atoms with E-state index in [0.29, 0.717) is 26.0 Å². The van der Waals surface area contributed by atoms with E-state index in [1.165, 1.54) is 11.0 Å². The van der Waals surface area contributed by atoms with Crippen LogP contribution in [-0.4, -0.2) is 45.2 Å². The molecule has 8 nitrogen and oxygen atoms in total. The van der Waals surface area contributed by atoms with Gasteiger partial charge in [0.05, 0.1) is 6.61 Å². The molecule has 1 N–H and O–H groups in total. The second-order valence-corrected chi connectivity index (χ2v) is 3.27. The molecule has 0 saturated carbocycles. The molecule has 0 bridgehead atoms. The summed E-state index contributed by atoms with van der Waals surface area (Å²) in [6.07, 6.45) is 2.22. The van der Waals surface area contributed by atoms with E-state index in [0.717, 1.165) is 0 Å². The molecule has 94 valence electrons. The number of nitrogens with one attached hydrogen (secondary N) is 1. The van der Waals surface area contributed by atoms with Gasteiger partial charge in [-0.1, -0.05) is 0 Å². The normalized spacial score (nSPS) is 9.94. The molecule has 17 heavy (non-hydrogen) atoms. The highest BCUT2D eigenvalue weighted by molar-refractivity contribution is 5.75. The third-order valence-electron chi connectivity index (χ3n) is 1.88. The lowest BCUT2D eigenvalue weighted by atomic mass is 10.3. The van der Waals surface area contributed by atoms with Crippen molar-refractivity contribution in [3.63, 3.8) is 0 Å². The summed E-state index contributed by atoms with van der Waals surface area (Å²) in [5, 5.41) is 13.0. The molecule has 0 aliphatic carbocycles. The molecule has 0 fully saturated rings. The molecule has 0 radical (unpaired) electrons. The van der Waals surface area contributed by atoms with E-state index in [9.17, 15) is 9.59 Å². The van der Waals surface area contributed by atoms with E-state index in [4.69, 9.17) is 4.74 Å². The lowest BCUT2D eigenvalue weighted by Gasteiger charge is -2.04. The molecule has 8 heteroatoms. The second-order valence-electron chi connectivity index (χ2n) is 3.27. The van der Waals surface area contributed by atoms with Crippen molar-refractivity contribution >= 4 is 11.9 Å². The number of amides is 1. The van der Waals surface area contributed by atoms with E-state index < -0.39 is 0 Å². The van der Waals surface area contributed by atoms with E-state index in [1.54, 1.807) is 6.92 Å². The molecular formula is C9H15N5O3. The fourth-order valence-electron chi connectivity index (χ4n) is 1.15. The first kappa shape index (κ1) is 13.1. The highest BCUT2D eigenvalue weighted by Gasteiger charge is 2.04. The number of aromatic nitrogens is 4. The molecule has 1 rings (SSSR count). The van der Waals surface area contributed by atoms with Crippen molar-refractivity contribution in [3.05, 3.63) is 6.33 Å². The van der Waals surface area contributed by atoms with Crippen molar-refractivity contribution < 1.29 is 14.3 Å². The Bertz CT molecular complexity index is 352. The fourth-order valence-corrected chi connectivity index (χ4v) is 1.15. The van der Waals surface area contributed by atoms with E-state index >= 15 is 0 Å². The number of hydrogen-bond acceptors (Lipinski definition) is 6. The first-order chi connectivity index (χ1) is 8.22. The molecule has 0 aromatic carbocycles. The number of hydrogen-bond donors (Lipinski definition) is 1. The molecule has 0 saturated heterocycles. The van der Waals surface area contributed by atoms with Crippen LogP contribution in [0.25, 0.3) is 0 Å². The van der Waals surface area contributed by atoms with Crippen LogP contribution in [0, 0.1) is 0 Å². The van der Waals surface area contributed by atoms with Gasteiger partial charge in [0.2, 0.25) is 5.91 Å².